The Bertz CT molecular complexity index is 1240. The first kappa shape index (κ1) is 24.5. The van der Waals surface area contributed by atoms with Crippen molar-refractivity contribution >= 4 is 11.7 Å². The molecule has 1 aromatic rings. The van der Waals surface area contributed by atoms with Gasteiger partial charge in [-0.15, -0.1) is 0 Å². The number of phenols is 1. The zero-order chi connectivity index (χ0) is 25.9. The van der Waals surface area contributed by atoms with Gasteiger partial charge in [0.1, 0.15) is 22.8 Å². The monoisotopic (exact) mass is 496 g/mol. The molecule has 0 spiro atoms. The highest BCUT2D eigenvalue weighted by Crippen LogP contribution is 2.53. The molecule has 9 nitrogen and oxygen atoms in total. The Hall–Kier alpha value is -3.14. The Morgan fingerprint density at radius 3 is 2.56 bits per heavy atom. The van der Waals surface area contributed by atoms with Crippen molar-refractivity contribution in [3.05, 3.63) is 63.1 Å². The van der Waals surface area contributed by atoms with Gasteiger partial charge in [-0.05, 0) is 48.6 Å². The number of Topliss-reactive ketones (excluding diaryl/α,β-unsaturated/α-hetero) is 1. The van der Waals surface area contributed by atoms with Crippen molar-refractivity contribution in [3.63, 3.8) is 0 Å². The van der Waals surface area contributed by atoms with Crippen molar-refractivity contribution in [1.82, 2.24) is 4.90 Å². The summed E-state index contributed by atoms with van der Waals surface area (Å²) in [4.78, 5) is 27.9. The second-order valence-electron chi connectivity index (χ2n) is 10.4. The van der Waals surface area contributed by atoms with E-state index in [0.29, 0.717) is 31.4 Å². The quantitative estimate of drug-likeness (QED) is 0.272. The fourth-order valence-electron chi connectivity index (χ4n) is 6.67. The summed E-state index contributed by atoms with van der Waals surface area (Å²) in [6, 6.07) is 1.96. The highest BCUT2D eigenvalue weighted by atomic mass is 16.5. The van der Waals surface area contributed by atoms with E-state index in [0.717, 1.165) is 30.6 Å². The first-order chi connectivity index (χ1) is 17.1. The van der Waals surface area contributed by atoms with Crippen LogP contribution in [0.25, 0.3) is 0 Å². The number of hydrogen-bond acceptors (Lipinski definition) is 8. The zero-order valence-electron chi connectivity index (χ0n) is 20.2. The Kier molecular flexibility index (Phi) is 5.97. The molecule has 1 heterocycles. The predicted octanol–water partition coefficient (Wildman–Crippen LogP) is 1.90. The number of carbonyl (C=O) groups is 2. The van der Waals surface area contributed by atoms with E-state index in [4.69, 9.17) is 5.73 Å². The van der Waals surface area contributed by atoms with Crippen LogP contribution in [0.4, 0.5) is 0 Å². The fraction of sp³-hybridized carbons (Fsp3) is 0.481. The average molecular weight is 497 g/mol. The number of nitrogens with zero attached hydrogens (tertiary/aromatic N) is 1. The van der Waals surface area contributed by atoms with Crippen LogP contribution in [0.15, 0.2) is 40.9 Å². The van der Waals surface area contributed by atoms with Crippen LogP contribution >= 0.6 is 0 Å². The van der Waals surface area contributed by atoms with Gasteiger partial charge in [0.15, 0.2) is 5.78 Å². The highest BCUT2D eigenvalue weighted by molar-refractivity contribution is 6.13. The van der Waals surface area contributed by atoms with Gasteiger partial charge in [0, 0.05) is 37.2 Å². The average Bonchev–Trinajstić information content (AvgIpc) is 2.80. The molecule has 1 amide bonds. The Morgan fingerprint density at radius 2 is 1.92 bits per heavy atom. The molecule has 192 valence electrons. The number of amides is 1. The van der Waals surface area contributed by atoms with Gasteiger partial charge in [-0.1, -0.05) is 25.1 Å². The Morgan fingerprint density at radius 1 is 1.17 bits per heavy atom. The smallest absolute Gasteiger partial charge is 0.253 e. The second kappa shape index (κ2) is 8.76. The lowest BCUT2D eigenvalue weighted by Crippen LogP contribution is -2.54. The highest BCUT2D eigenvalue weighted by Gasteiger charge is 2.57. The lowest BCUT2D eigenvalue weighted by molar-refractivity contribution is -0.194. The third-order valence-corrected chi connectivity index (χ3v) is 8.25. The van der Waals surface area contributed by atoms with Crippen molar-refractivity contribution in [3.8, 4) is 5.75 Å². The van der Waals surface area contributed by atoms with Crippen LogP contribution in [0.5, 0.6) is 5.75 Å². The summed E-state index contributed by atoms with van der Waals surface area (Å²) in [5.74, 6) is -8.27. The summed E-state index contributed by atoms with van der Waals surface area (Å²) in [5, 5.41) is 54.5. The molecule has 7 N–H and O–H groups in total. The van der Waals surface area contributed by atoms with Crippen molar-refractivity contribution < 1.29 is 35.1 Å². The van der Waals surface area contributed by atoms with Crippen LogP contribution < -0.4 is 5.73 Å². The molecule has 0 saturated heterocycles. The van der Waals surface area contributed by atoms with E-state index in [1.807, 2.05) is 13.0 Å². The molecule has 0 radical (unpaired) electrons. The number of aromatic hydroxyl groups is 1. The molecule has 0 bridgehead atoms. The molecule has 3 unspecified atom stereocenters. The molecule has 36 heavy (non-hydrogen) atoms. The molecule has 0 fully saturated rings. The molecule has 1 aromatic carbocycles. The minimum absolute atomic E-state index is 0.0249. The second-order valence-corrected chi connectivity index (χ2v) is 10.4. The summed E-state index contributed by atoms with van der Waals surface area (Å²) < 4.78 is 0. The first-order valence-corrected chi connectivity index (χ1v) is 12.4. The molecule has 3 aliphatic carbocycles. The standard InChI is InChI=1S/C27H32N2O7/c1-2-13-8-16(12-29-6-4-3-5-7-29)23(31)20-17(13)10-14-9-15-11-18(30)22(26(28)34)27(35,36)21(15)25(33)19(14)24(20)32/h3-4,8,14-15,21,30-31,33,35-36H,2,5-7,9-12H2,1H3,(H2,28,34). The number of nitrogens with two attached hydrogens (primary N) is 1. The minimum atomic E-state index is -2.93. The van der Waals surface area contributed by atoms with Gasteiger partial charge in [-0.2, -0.15) is 0 Å². The van der Waals surface area contributed by atoms with Crippen LogP contribution in [-0.4, -0.2) is 61.0 Å². The third kappa shape index (κ3) is 3.65. The summed E-state index contributed by atoms with van der Waals surface area (Å²) in [6.07, 6.45) is 6.37. The Balaban J connectivity index is 1.60. The number of hydrogen-bond donors (Lipinski definition) is 6. The van der Waals surface area contributed by atoms with Crippen LogP contribution in [0, 0.1) is 17.8 Å². The molecule has 4 aliphatic rings. The largest absolute Gasteiger partial charge is 0.512 e. The van der Waals surface area contributed by atoms with Gasteiger partial charge in [-0.3, -0.25) is 14.5 Å². The number of allylic oxidation sites excluding steroid dienone is 2. The lowest BCUT2D eigenvalue weighted by atomic mass is 9.60. The summed E-state index contributed by atoms with van der Waals surface area (Å²) in [6.45, 7) is 4.06. The van der Waals surface area contributed by atoms with Gasteiger partial charge in [-0.25, -0.2) is 0 Å². The zero-order valence-corrected chi connectivity index (χ0v) is 20.2. The maximum atomic E-state index is 13.8. The van der Waals surface area contributed by atoms with E-state index in [-0.39, 0.29) is 23.3 Å². The van der Waals surface area contributed by atoms with Gasteiger partial charge in [0.05, 0.1) is 11.5 Å². The van der Waals surface area contributed by atoms with E-state index in [1.54, 1.807) is 0 Å². The van der Waals surface area contributed by atoms with Crippen molar-refractivity contribution in [2.24, 2.45) is 23.5 Å². The SMILES string of the molecule is CCc1cc(CN2CC=CCC2)c(O)c2c1CC1CC3CC(O)=C(C(N)=O)C(O)(O)C3C(O)=C1C2=O. The van der Waals surface area contributed by atoms with Crippen molar-refractivity contribution in [2.75, 3.05) is 13.1 Å². The van der Waals surface area contributed by atoms with Crippen molar-refractivity contribution in [1.29, 1.82) is 0 Å². The Labute approximate surface area is 208 Å². The van der Waals surface area contributed by atoms with E-state index in [2.05, 4.69) is 17.1 Å². The molecule has 3 atom stereocenters. The number of ketones is 1. The molecular weight excluding hydrogens is 464 g/mol. The summed E-state index contributed by atoms with van der Waals surface area (Å²) >= 11 is 0. The molecule has 0 saturated carbocycles. The number of aliphatic hydroxyl groups excluding tert-OH is 2. The fourth-order valence-corrected chi connectivity index (χ4v) is 6.67. The number of aliphatic hydroxyl groups is 4. The lowest BCUT2D eigenvalue weighted by Gasteiger charge is -2.47. The number of rotatable bonds is 4. The number of aryl methyl sites for hydroxylation is 1. The first-order valence-electron chi connectivity index (χ1n) is 12.4. The normalized spacial score (nSPS) is 27.5. The van der Waals surface area contributed by atoms with E-state index >= 15 is 0 Å². The number of phenolic OH excluding ortho intramolecular Hbond substituents is 1. The van der Waals surface area contributed by atoms with Gasteiger partial charge in [0.25, 0.3) is 5.91 Å². The number of carbonyl (C=O) groups excluding carboxylic acids is 2. The maximum Gasteiger partial charge on any atom is 0.253 e. The maximum absolute atomic E-state index is 13.8. The van der Waals surface area contributed by atoms with Crippen LogP contribution in [0.3, 0.4) is 0 Å². The van der Waals surface area contributed by atoms with Crippen LogP contribution in [0.1, 0.15) is 53.2 Å². The molecule has 0 aromatic heterocycles. The van der Waals surface area contributed by atoms with E-state index < -0.39 is 52.3 Å². The van der Waals surface area contributed by atoms with Crippen LogP contribution in [-0.2, 0) is 24.2 Å². The number of primary amides is 1. The van der Waals surface area contributed by atoms with Crippen molar-refractivity contribution in [2.45, 2.75) is 51.4 Å². The van der Waals surface area contributed by atoms with E-state index in [1.165, 1.54) is 0 Å². The summed E-state index contributed by atoms with van der Waals surface area (Å²) in [5.41, 5.74) is 7.04. The van der Waals surface area contributed by atoms with Crippen LogP contribution in [0.2, 0.25) is 0 Å². The molecular formula is C27H32N2O7. The third-order valence-electron chi connectivity index (χ3n) is 8.25. The van der Waals surface area contributed by atoms with Gasteiger partial charge < -0.3 is 31.3 Å². The predicted molar refractivity (Wildman–Crippen MR) is 130 cm³/mol. The minimum Gasteiger partial charge on any atom is -0.512 e. The van der Waals surface area contributed by atoms with Gasteiger partial charge in [0.2, 0.25) is 5.79 Å². The summed E-state index contributed by atoms with van der Waals surface area (Å²) in [7, 11) is 0. The molecule has 1 aliphatic heterocycles. The number of fused-ring (bicyclic) bond motifs is 3. The molecule has 9 heteroatoms. The topological polar surface area (TPSA) is 165 Å². The molecule has 5 rings (SSSR count). The van der Waals surface area contributed by atoms with Gasteiger partial charge >= 0.3 is 0 Å². The number of benzene rings is 1. The van der Waals surface area contributed by atoms with E-state index in [9.17, 15) is 35.1 Å².